The van der Waals surface area contributed by atoms with E-state index in [1.165, 1.54) is 12.8 Å². The van der Waals surface area contributed by atoms with Crippen molar-refractivity contribution in [3.8, 4) is 0 Å². The Morgan fingerprint density at radius 3 is 3.05 bits per heavy atom. The van der Waals surface area contributed by atoms with E-state index in [1.807, 2.05) is 29.2 Å². The summed E-state index contributed by atoms with van der Waals surface area (Å²) in [4.78, 5) is 14.5. The Morgan fingerprint density at radius 2 is 2.24 bits per heavy atom. The SMILES string of the molecule is Nc1cccc2c1CCCN2C(=O)c1cc(C2CC2)[nH]n1. The third-order valence-electron chi connectivity index (χ3n) is 4.37. The summed E-state index contributed by atoms with van der Waals surface area (Å²) < 4.78 is 0. The molecule has 1 saturated carbocycles. The first-order valence-electron chi connectivity index (χ1n) is 7.48. The number of carbonyl (C=O) groups excluding carboxylic acids is 1. The van der Waals surface area contributed by atoms with E-state index in [0.29, 0.717) is 11.6 Å². The van der Waals surface area contributed by atoms with Crippen LogP contribution in [-0.2, 0) is 6.42 Å². The van der Waals surface area contributed by atoms with E-state index in [2.05, 4.69) is 10.2 Å². The van der Waals surface area contributed by atoms with Crippen LogP contribution in [0.2, 0.25) is 0 Å². The smallest absolute Gasteiger partial charge is 0.278 e. The number of H-pyrrole nitrogens is 1. The standard InChI is InChI=1S/C16H18N4O/c17-12-4-1-5-15-11(12)3-2-8-20(15)16(21)14-9-13(18-19-14)10-6-7-10/h1,4-5,9-10H,2-3,6-8,17H2,(H,18,19). The molecule has 0 atom stereocenters. The number of nitrogens with zero attached hydrogens (tertiary/aromatic N) is 2. The molecule has 1 aliphatic carbocycles. The summed E-state index contributed by atoms with van der Waals surface area (Å²) in [5, 5.41) is 7.20. The van der Waals surface area contributed by atoms with Gasteiger partial charge < -0.3 is 10.6 Å². The van der Waals surface area contributed by atoms with Gasteiger partial charge in [-0.15, -0.1) is 0 Å². The summed E-state index contributed by atoms with van der Waals surface area (Å²) >= 11 is 0. The first-order chi connectivity index (χ1) is 10.2. The molecule has 2 aliphatic rings. The number of nitrogen functional groups attached to an aromatic ring is 1. The number of hydrogen-bond donors (Lipinski definition) is 2. The van der Waals surface area contributed by atoms with Gasteiger partial charge in [-0.05, 0) is 49.4 Å². The van der Waals surface area contributed by atoms with Gasteiger partial charge in [-0.25, -0.2) is 0 Å². The molecule has 21 heavy (non-hydrogen) atoms. The van der Waals surface area contributed by atoms with Crippen LogP contribution in [0.15, 0.2) is 24.3 Å². The lowest BCUT2D eigenvalue weighted by Gasteiger charge is -2.29. The van der Waals surface area contributed by atoms with Gasteiger partial charge in [-0.2, -0.15) is 5.10 Å². The number of aromatic nitrogens is 2. The van der Waals surface area contributed by atoms with E-state index in [1.54, 1.807) is 0 Å². The van der Waals surface area contributed by atoms with Crippen LogP contribution in [0.3, 0.4) is 0 Å². The number of anilines is 2. The lowest BCUT2D eigenvalue weighted by molar-refractivity contribution is 0.0980. The molecular formula is C16H18N4O. The summed E-state index contributed by atoms with van der Waals surface area (Å²) in [5.41, 5.74) is 10.4. The van der Waals surface area contributed by atoms with Crippen LogP contribution < -0.4 is 10.6 Å². The molecule has 0 saturated heterocycles. The van der Waals surface area contributed by atoms with Crippen LogP contribution in [0, 0.1) is 0 Å². The van der Waals surface area contributed by atoms with Crippen molar-refractivity contribution in [3.63, 3.8) is 0 Å². The molecule has 108 valence electrons. The summed E-state index contributed by atoms with van der Waals surface area (Å²) in [6, 6.07) is 7.67. The number of fused-ring (bicyclic) bond motifs is 1. The zero-order valence-electron chi connectivity index (χ0n) is 11.8. The van der Waals surface area contributed by atoms with Gasteiger partial charge in [-0.1, -0.05) is 6.07 Å². The summed E-state index contributed by atoms with van der Waals surface area (Å²) in [5.74, 6) is 0.535. The molecule has 1 aromatic carbocycles. The Hall–Kier alpha value is -2.30. The van der Waals surface area contributed by atoms with E-state index < -0.39 is 0 Å². The molecule has 0 bridgehead atoms. The highest BCUT2D eigenvalue weighted by Crippen LogP contribution is 2.39. The predicted molar refractivity (Wildman–Crippen MR) is 81.4 cm³/mol. The predicted octanol–water partition coefficient (Wildman–Crippen LogP) is 2.46. The molecule has 1 aromatic heterocycles. The number of rotatable bonds is 2. The molecule has 2 aromatic rings. The van der Waals surface area contributed by atoms with Crippen LogP contribution in [-0.4, -0.2) is 22.6 Å². The normalized spacial score (nSPS) is 17.6. The molecule has 4 rings (SSSR count). The first-order valence-corrected chi connectivity index (χ1v) is 7.48. The minimum Gasteiger partial charge on any atom is -0.398 e. The van der Waals surface area contributed by atoms with Gasteiger partial charge in [-0.3, -0.25) is 9.89 Å². The van der Waals surface area contributed by atoms with Crippen molar-refractivity contribution >= 4 is 17.3 Å². The topological polar surface area (TPSA) is 75.0 Å². The van der Waals surface area contributed by atoms with Crippen molar-refractivity contribution in [1.82, 2.24) is 10.2 Å². The number of benzene rings is 1. The Balaban J connectivity index is 1.67. The van der Waals surface area contributed by atoms with Crippen LogP contribution >= 0.6 is 0 Å². The molecule has 3 N–H and O–H groups in total. The highest BCUT2D eigenvalue weighted by molar-refractivity contribution is 6.06. The van der Waals surface area contributed by atoms with Crippen LogP contribution in [0.4, 0.5) is 11.4 Å². The van der Waals surface area contributed by atoms with Gasteiger partial charge in [0.05, 0.1) is 0 Å². The molecule has 5 nitrogen and oxygen atoms in total. The van der Waals surface area contributed by atoms with Gasteiger partial charge in [0, 0.05) is 29.5 Å². The molecule has 1 aliphatic heterocycles. The van der Waals surface area contributed by atoms with Crippen molar-refractivity contribution in [2.24, 2.45) is 0 Å². The van der Waals surface area contributed by atoms with Gasteiger partial charge in [0.1, 0.15) is 0 Å². The van der Waals surface area contributed by atoms with Crippen LogP contribution in [0.1, 0.15) is 46.9 Å². The maximum Gasteiger partial charge on any atom is 0.278 e. The van der Waals surface area contributed by atoms with E-state index in [4.69, 9.17) is 5.73 Å². The lowest BCUT2D eigenvalue weighted by atomic mass is 9.99. The molecule has 0 spiro atoms. The van der Waals surface area contributed by atoms with Crippen LogP contribution in [0.25, 0.3) is 0 Å². The Labute approximate surface area is 123 Å². The number of amides is 1. The fourth-order valence-electron chi connectivity index (χ4n) is 3.05. The minimum absolute atomic E-state index is 0.0373. The Bertz CT molecular complexity index is 702. The zero-order chi connectivity index (χ0) is 14.4. The van der Waals surface area contributed by atoms with Crippen molar-refractivity contribution in [2.45, 2.75) is 31.6 Å². The van der Waals surface area contributed by atoms with Crippen LogP contribution in [0.5, 0.6) is 0 Å². The quantitative estimate of drug-likeness (QED) is 0.831. The maximum atomic E-state index is 12.7. The summed E-state index contributed by atoms with van der Waals surface area (Å²) in [6.07, 6.45) is 4.25. The van der Waals surface area contributed by atoms with Gasteiger partial charge in [0.2, 0.25) is 0 Å². The second kappa shape index (κ2) is 4.62. The largest absolute Gasteiger partial charge is 0.398 e. The fourth-order valence-corrected chi connectivity index (χ4v) is 3.05. The van der Waals surface area contributed by atoms with E-state index >= 15 is 0 Å². The first kappa shape index (κ1) is 12.4. The number of carbonyl (C=O) groups is 1. The average molecular weight is 282 g/mol. The average Bonchev–Trinajstić information content (AvgIpc) is 3.24. The Morgan fingerprint density at radius 1 is 1.38 bits per heavy atom. The third-order valence-corrected chi connectivity index (χ3v) is 4.37. The molecule has 2 heterocycles. The van der Waals surface area contributed by atoms with Crippen molar-refractivity contribution in [3.05, 3.63) is 41.2 Å². The summed E-state index contributed by atoms with van der Waals surface area (Å²) in [7, 11) is 0. The minimum atomic E-state index is -0.0373. The maximum absolute atomic E-state index is 12.7. The van der Waals surface area contributed by atoms with Gasteiger partial charge in [0.25, 0.3) is 5.91 Å². The number of hydrogen-bond acceptors (Lipinski definition) is 3. The molecule has 0 unspecified atom stereocenters. The summed E-state index contributed by atoms with van der Waals surface area (Å²) in [6.45, 7) is 0.723. The van der Waals surface area contributed by atoms with Gasteiger partial charge >= 0.3 is 0 Å². The number of aromatic amines is 1. The highest BCUT2D eigenvalue weighted by atomic mass is 16.2. The molecule has 0 radical (unpaired) electrons. The highest BCUT2D eigenvalue weighted by Gasteiger charge is 2.29. The second-order valence-electron chi connectivity index (χ2n) is 5.89. The molecular weight excluding hydrogens is 264 g/mol. The fraction of sp³-hybridized carbons (Fsp3) is 0.375. The van der Waals surface area contributed by atoms with Crippen molar-refractivity contribution in [1.29, 1.82) is 0 Å². The lowest BCUT2D eigenvalue weighted by Crippen LogP contribution is -2.36. The molecule has 1 fully saturated rings. The third kappa shape index (κ3) is 2.09. The van der Waals surface area contributed by atoms with Gasteiger partial charge in [0.15, 0.2) is 5.69 Å². The van der Waals surface area contributed by atoms with E-state index in [-0.39, 0.29) is 5.91 Å². The van der Waals surface area contributed by atoms with E-state index in [9.17, 15) is 4.79 Å². The zero-order valence-corrected chi connectivity index (χ0v) is 11.8. The number of nitrogens with two attached hydrogens (primary N) is 1. The van der Waals surface area contributed by atoms with Crippen molar-refractivity contribution < 1.29 is 4.79 Å². The van der Waals surface area contributed by atoms with Crippen molar-refractivity contribution in [2.75, 3.05) is 17.2 Å². The Kier molecular flexibility index (Phi) is 2.74. The molecule has 5 heteroatoms. The molecule has 1 amide bonds. The van der Waals surface area contributed by atoms with E-state index in [0.717, 1.165) is 42.0 Å². The number of nitrogens with one attached hydrogen (secondary N) is 1. The second-order valence-corrected chi connectivity index (χ2v) is 5.89. The monoisotopic (exact) mass is 282 g/mol.